The number of hydrogen-bond acceptors (Lipinski definition) is 2. The Kier molecular flexibility index (Phi) is 2.30. The minimum Gasteiger partial charge on any atom is -0.507 e. The van der Waals surface area contributed by atoms with Crippen molar-refractivity contribution in [1.29, 1.82) is 0 Å². The van der Waals surface area contributed by atoms with E-state index in [2.05, 4.69) is 6.07 Å². The summed E-state index contributed by atoms with van der Waals surface area (Å²) in [5.74, 6) is 0.264. The molecule has 0 fully saturated rings. The van der Waals surface area contributed by atoms with Gasteiger partial charge in [-0.05, 0) is 12.1 Å². The highest BCUT2D eigenvalue weighted by atomic mass is 16.3. The lowest BCUT2D eigenvalue weighted by Gasteiger charge is -2.04. The fourth-order valence-corrected chi connectivity index (χ4v) is 2.66. The summed E-state index contributed by atoms with van der Waals surface area (Å²) in [6, 6.07) is 21.3. The van der Waals surface area contributed by atoms with Crippen LogP contribution in [0.1, 0.15) is 0 Å². The van der Waals surface area contributed by atoms with Crippen LogP contribution in [0.5, 0.6) is 5.75 Å². The van der Waals surface area contributed by atoms with Crippen LogP contribution < -0.4 is 0 Å². The molecule has 1 N–H and O–H groups in total. The molecule has 2 nitrogen and oxygen atoms in total. The average Bonchev–Trinajstić information content (AvgIpc) is 2.86. The third-order valence-corrected chi connectivity index (χ3v) is 3.60. The van der Waals surface area contributed by atoms with Crippen LogP contribution in [0, 0.1) is 0 Å². The fourth-order valence-electron chi connectivity index (χ4n) is 2.66. The van der Waals surface area contributed by atoms with Gasteiger partial charge in [-0.1, -0.05) is 54.6 Å². The first-order valence-corrected chi connectivity index (χ1v) is 6.53. The molecule has 96 valence electrons. The molecule has 0 saturated heterocycles. The van der Waals surface area contributed by atoms with Gasteiger partial charge in [-0.25, -0.2) is 0 Å². The van der Waals surface area contributed by atoms with Crippen LogP contribution >= 0.6 is 0 Å². The van der Waals surface area contributed by atoms with Crippen LogP contribution in [0.4, 0.5) is 0 Å². The predicted octanol–water partition coefficient (Wildman–Crippen LogP) is 4.96. The quantitative estimate of drug-likeness (QED) is 0.525. The first-order valence-electron chi connectivity index (χ1n) is 6.53. The first kappa shape index (κ1) is 11.1. The summed E-state index contributed by atoms with van der Waals surface area (Å²) < 4.78 is 5.98. The average molecular weight is 260 g/mol. The Morgan fingerprint density at radius 2 is 1.35 bits per heavy atom. The van der Waals surface area contributed by atoms with Gasteiger partial charge in [0.25, 0.3) is 0 Å². The molecule has 0 radical (unpaired) electrons. The second-order valence-electron chi connectivity index (χ2n) is 4.80. The van der Waals surface area contributed by atoms with Crippen LogP contribution in [0.3, 0.4) is 0 Å². The van der Waals surface area contributed by atoms with Gasteiger partial charge in [-0.2, -0.15) is 0 Å². The topological polar surface area (TPSA) is 33.4 Å². The summed E-state index contributed by atoms with van der Waals surface area (Å²) in [7, 11) is 0. The minimum atomic E-state index is 0.264. The molecule has 0 aliphatic rings. The van der Waals surface area contributed by atoms with Crippen molar-refractivity contribution in [3.63, 3.8) is 0 Å². The smallest absolute Gasteiger partial charge is 0.143 e. The highest BCUT2D eigenvalue weighted by Gasteiger charge is 2.13. The Hall–Kier alpha value is -2.74. The molecule has 1 aromatic heterocycles. The van der Waals surface area contributed by atoms with Crippen LogP contribution in [0.15, 0.2) is 71.1 Å². The highest BCUT2D eigenvalue weighted by molar-refractivity contribution is 6.09. The second-order valence-corrected chi connectivity index (χ2v) is 4.80. The fraction of sp³-hybridized carbons (Fsp3) is 0. The molecule has 0 spiro atoms. The Balaban J connectivity index is 2.13. The van der Waals surface area contributed by atoms with Crippen molar-refractivity contribution >= 4 is 21.9 Å². The van der Waals surface area contributed by atoms with E-state index in [1.807, 2.05) is 54.6 Å². The predicted molar refractivity (Wildman–Crippen MR) is 80.8 cm³/mol. The molecule has 3 aromatic carbocycles. The summed E-state index contributed by atoms with van der Waals surface area (Å²) in [6.07, 6.45) is 0. The van der Waals surface area contributed by atoms with E-state index < -0.39 is 0 Å². The number of furan rings is 1. The van der Waals surface area contributed by atoms with Crippen molar-refractivity contribution in [2.24, 2.45) is 0 Å². The van der Waals surface area contributed by atoms with Crippen molar-refractivity contribution in [2.45, 2.75) is 0 Å². The number of para-hydroxylation sites is 3. The van der Waals surface area contributed by atoms with Gasteiger partial charge < -0.3 is 9.52 Å². The van der Waals surface area contributed by atoms with Gasteiger partial charge in [0.1, 0.15) is 16.9 Å². The number of aromatic hydroxyl groups is 1. The normalized spacial score (nSPS) is 11.2. The van der Waals surface area contributed by atoms with E-state index in [-0.39, 0.29) is 5.75 Å². The van der Waals surface area contributed by atoms with Crippen LogP contribution in [0.2, 0.25) is 0 Å². The summed E-state index contributed by atoms with van der Waals surface area (Å²) in [6.45, 7) is 0. The Labute approximate surface area is 115 Å². The van der Waals surface area contributed by atoms with Gasteiger partial charge >= 0.3 is 0 Å². The third kappa shape index (κ3) is 1.51. The van der Waals surface area contributed by atoms with E-state index >= 15 is 0 Å². The lowest BCUT2D eigenvalue weighted by molar-refractivity contribution is 0.477. The van der Waals surface area contributed by atoms with Crippen LogP contribution in [-0.4, -0.2) is 5.11 Å². The Bertz CT molecular complexity index is 919. The van der Waals surface area contributed by atoms with Crippen molar-refractivity contribution in [3.8, 4) is 16.9 Å². The number of phenolic OH excluding ortho intramolecular Hbond substituents is 1. The molecule has 0 saturated carbocycles. The molecule has 0 unspecified atom stereocenters. The second kappa shape index (κ2) is 4.14. The summed E-state index contributed by atoms with van der Waals surface area (Å²) in [5.41, 5.74) is 3.38. The van der Waals surface area contributed by atoms with Crippen LogP contribution in [0.25, 0.3) is 33.1 Å². The molecule has 1 heterocycles. The van der Waals surface area contributed by atoms with E-state index in [1.165, 1.54) is 0 Å². The van der Waals surface area contributed by atoms with E-state index in [1.54, 1.807) is 6.07 Å². The zero-order chi connectivity index (χ0) is 13.5. The lowest BCUT2D eigenvalue weighted by Crippen LogP contribution is -1.79. The zero-order valence-corrected chi connectivity index (χ0v) is 10.7. The number of hydrogen-bond donors (Lipinski definition) is 1. The van der Waals surface area contributed by atoms with Crippen LogP contribution in [-0.2, 0) is 0 Å². The SMILES string of the molecule is Oc1ccccc1-c1cccc2c1oc1ccccc12. The summed E-state index contributed by atoms with van der Waals surface area (Å²) >= 11 is 0. The van der Waals surface area contributed by atoms with Crippen molar-refractivity contribution in [3.05, 3.63) is 66.7 Å². The molecule has 0 amide bonds. The maximum Gasteiger partial charge on any atom is 0.143 e. The van der Waals surface area contributed by atoms with E-state index in [0.29, 0.717) is 0 Å². The maximum absolute atomic E-state index is 10.1. The zero-order valence-electron chi connectivity index (χ0n) is 10.7. The van der Waals surface area contributed by atoms with Crippen molar-refractivity contribution in [2.75, 3.05) is 0 Å². The number of phenols is 1. The van der Waals surface area contributed by atoms with E-state index in [0.717, 1.165) is 33.1 Å². The maximum atomic E-state index is 10.1. The Morgan fingerprint density at radius 3 is 2.25 bits per heavy atom. The molecule has 0 bridgehead atoms. The first-order chi connectivity index (χ1) is 9.84. The largest absolute Gasteiger partial charge is 0.507 e. The third-order valence-electron chi connectivity index (χ3n) is 3.60. The molecule has 4 rings (SSSR count). The minimum absolute atomic E-state index is 0.264. The van der Waals surface area contributed by atoms with Gasteiger partial charge in [0.15, 0.2) is 0 Å². The van der Waals surface area contributed by atoms with Crippen molar-refractivity contribution in [1.82, 2.24) is 0 Å². The molecule has 0 aliphatic heterocycles. The number of rotatable bonds is 1. The molecule has 4 aromatic rings. The summed E-state index contributed by atoms with van der Waals surface area (Å²) in [5, 5.41) is 12.2. The molecular formula is C18H12O2. The standard InChI is InChI=1S/C18H12O2/c19-16-10-3-1-6-12(16)14-8-5-9-15-13-7-2-4-11-17(13)20-18(14)15/h1-11,19H. The Morgan fingerprint density at radius 1 is 0.650 bits per heavy atom. The van der Waals surface area contributed by atoms with Gasteiger partial charge in [0, 0.05) is 21.9 Å². The number of benzene rings is 3. The van der Waals surface area contributed by atoms with Gasteiger partial charge in [0.2, 0.25) is 0 Å². The molecule has 20 heavy (non-hydrogen) atoms. The molecular weight excluding hydrogens is 248 g/mol. The van der Waals surface area contributed by atoms with Gasteiger partial charge in [0.05, 0.1) is 0 Å². The monoisotopic (exact) mass is 260 g/mol. The van der Waals surface area contributed by atoms with Gasteiger partial charge in [-0.3, -0.25) is 0 Å². The van der Waals surface area contributed by atoms with Gasteiger partial charge in [-0.15, -0.1) is 0 Å². The van der Waals surface area contributed by atoms with E-state index in [9.17, 15) is 5.11 Å². The van der Waals surface area contributed by atoms with E-state index in [4.69, 9.17) is 4.42 Å². The highest BCUT2D eigenvalue weighted by Crippen LogP contribution is 2.38. The van der Waals surface area contributed by atoms with Crippen molar-refractivity contribution < 1.29 is 9.52 Å². The molecule has 2 heteroatoms. The summed E-state index contributed by atoms with van der Waals surface area (Å²) in [4.78, 5) is 0. The molecule has 0 aliphatic carbocycles. The number of fused-ring (bicyclic) bond motifs is 3. The molecule has 0 atom stereocenters. The lowest BCUT2D eigenvalue weighted by atomic mass is 10.0.